The maximum absolute atomic E-state index is 6.08. The molecule has 3 nitrogen and oxygen atoms in total. The molecule has 90 valence electrons. The topological polar surface area (TPSA) is 30.7 Å². The molecule has 0 aliphatic carbocycles. The number of hydrogen-bond donors (Lipinski definition) is 0. The van der Waals surface area contributed by atoms with Crippen LogP contribution in [0.1, 0.15) is 11.3 Å². The highest BCUT2D eigenvalue weighted by atomic mass is 35.5. The number of aryl methyl sites for hydroxylation is 1. The van der Waals surface area contributed by atoms with Crippen LogP contribution in [0, 0.1) is 6.92 Å². The van der Waals surface area contributed by atoms with Gasteiger partial charge in [-0.1, -0.05) is 41.9 Å². The molecule has 0 amide bonds. The molecule has 3 aromatic rings. The monoisotopic (exact) mass is 257 g/mol. The van der Waals surface area contributed by atoms with Crippen LogP contribution in [0.3, 0.4) is 0 Å². The minimum absolute atomic E-state index is 0.509. The third-order valence-electron chi connectivity index (χ3n) is 3.03. The first-order chi connectivity index (χ1) is 8.75. The summed E-state index contributed by atoms with van der Waals surface area (Å²) in [7, 11) is 0. The Bertz CT molecular complexity index is 689. The molecule has 0 bridgehead atoms. The van der Waals surface area contributed by atoms with Crippen molar-refractivity contribution in [1.29, 1.82) is 0 Å². The predicted octanol–water partition coefficient (Wildman–Crippen LogP) is 3.44. The summed E-state index contributed by atoms with van der Waals surface area (Å²) in [6.45, 7) is 2.85. The first-order valence-electron chi connectivity index (χ1n) is 5.76. The predicted molar refractivity (Wildman–Crippen MR) is 72.8 cm³/mol. The Kier molecular flexibility index (Phi) is 2.76. The highest BCUT2D eigenvalue weighted by molar-refractivity contribution is 6.33. The average Bonchev–Trinajstić information content (AvgIpc) is 2.70. The maximum atomic E-state index is 6.08. The standard InChI is InChI=1S/C14H12ClN3/c1-10-7-12-13(15)16-9-17-14(12)18(10)8-11-5-3-2-4-6-11/h2-7,9H,8H2,1H3. The average molecular weight is 258 g/mol. The Balaban J connectivity index is 2.12. The fourth-order valence-electron chi connectivity index (χ4n) is 2.12. The molecule has 3 rings (SSSR count). The van der Waals surface area contributed by atoms with E-state index in [1.54, 1.807) is 0 Å². The van der Waals surface area contributed by atoms with Crippen molar-refractivity contribution < 1.29 is 0 Å². The maximum Gasteiger partial charge on any atom is 0.145 e. The zero-order valence-electron chi connectivity index (χ0n) is 9.97. The van der Waals surface area contributed by atoms with Crippen molar-refractivity contribution in [3.63, 3.8) is 0 Å². The SMILES string of the molecule is Cc1cc2c(Cl)ncnc2n1Cc1ccccc1. The van der Waals surface area contributed by atoms with Gasteiger partial charge in [0.1, 0.15) is 17.1 Å². The van der Waals surface area contributed by atoms with Crippen LogP contribution in [0.25, 0.3) is 11.0 Å². The Morgan fingerprint density at radius 3 is 2.72 bits per heavy atom. The number of aromatic nitrogens is 3. The largest absolute Gasteiger partial charge is 0.325 e. The first-order valence-corrected chi connectivity index (χ1v) is 6.14. The van der Waals surface area contributed by atoms with Crippen molar-refractivity contribution >= 4 is 22.6 Å². The lowest BCUT2D eigenvalue weighted by Crippen LogP contribution is -2.02. The highest BCUT2D eigenvalue weighted by Crippen LogP contribution is 2.23. The summed E-state index contributed by atoms with van der Waals surface area (Å²) >= 11 is 6.08. The van der Waals surface area contributed by atoms with Crippen molar-refractivity contribution in [3.05, 3.63) is 59.1 Å². The molecule has 0 fully saturated rings. The van der Waals surface area contributed by atoms with E-state index in [0.29, 0.717) is 5.15 Å². The minimum Gasteiger partial charge on any atom is -0.325 e. The second kappa shape index (κ2) is 4.42. The number of fused-ring (bicyclic) bond motifs is 1. The van der Waals surface area contributed by atoms with E-state index in [1.165, 1.54) is 11.9 Å². The van der Waals surface area contributed by atoms with E-state index in [2.05, 4.69) is 33.6 Å². The molecule has 2 aromatic heterocycles. The summed E-state index contributed by atoms with van der Waals surface area (Å²) in [6, 6.07) is 12.3. The Labute approximate surface area is 110 Å². The van der Waals surface area contributed by atoms with Crippen LogP contribution in [0.5, 0.6) is 0 Å². The third kappa shape index (κ3) is 1.87. The Morgan fingerprint density at radius 2 is 1.94 bits per heavy atom. The van der Waals surface area contributed by atoms with E-state index in [1.807, 2.05) is 24.3 Å². The fourth-order valence-corrected chi connectivity index (χ4v) is 2.31. The highest BCUT2D eigenvalue weighted by Gasteiger charge is 2.10. The zero-order chi connectivity index (χ0) is 12.5. The summed E-state index contributed by atoms with van der Waals surface area (Å²) in [5.74, 6) is 0. The molecule has 0 aliphatic rings. The number of halogens is 1. The molecule has 4 heteroatoms. The second-order valence-corrected chi connectivity index (χ2v) is 4.62. The van der Waals surface area contributed by atoms with Crippen LogP contribution in [-0.2, 0) is 6.54 Å². The van der Waals surface area contributed by atoms with Crippen molar-refractivity contribution in [2.75, 3.05) is 0 Å². The van der Waals surface area contributed by atoms with Crippen LogP contribution in [-0.4, -0.2) is 14.5 Å². The van der Waals surface area contributed by atoms with E-state index in [-0.39, 0.29) is 0 Å². The molecule has 0 saturated carbocycles. The van der Waals surface area contributed by atoms with E-state index >= 15 is 0 Å². The van der Waals surface area contributed by atoms with Gasteiger partial charge in [-0.3, -0.25) is 0 Å². The summed E-state index contributed by atoms with van der Waals surface area (Å²) in [6.07, 6.45) is 1.51. The molecule has 0 N–H and O–H groups in total. The molecule has 0 unspecified atom stereocenters. The van der Waals surface area contributed by atoms with E-state index in [4.69, 9.17) is 11.6 Å². The zero-order valence-corrected chi connectivity index (χ0v) is 10.7. The summed E-state index contributed by atoms with van der Waals surface area (Å²) < 4.78 is 2.15. The summed E-state index contributed by atoms with van der Waals surface area (Å²) in [5.41, 5.74) is 3.26. The number of hydrogen-bond acceptors (Lipinski definition) is 2. The number of rotatable bonds is 2. The molecule has 0 spiro atoms. The first kappa shape index (κ1) is 11.2. The lowest BCUT2D eigenvalue weighted by atomic mass is 10.2. The van der Waals surface area contributed by atoms with Crippen LogP contribution in [0.4, 0.5) is 0 Å². The van der Waals surface area contributed by atoms with Gasteiger partial charge in [0.25, 0.3) is 0 Å². The van der Waals surface area contributed by atoms with E-state index < -0.39 is 0 Å². The third-order valence-corrected chi connectivity index (χ3v) is 3.33. The van der Waals surface area contributed by atoms with Gasteiger partial charge >= 0.3 is 0 Å². The van der Waals surface area contributed by atoms with Gasteiger partial charge < -0.3 is 4.57 Å². The van der Waals surface area contributed by atoms with Gasteiger partial charge in [-0.05, 0) is 18.6 Å². The smallest absolute Gasteiger partial charge is 0.145 e. The van der Waals surface area contributed by atoms with E-state index in [0.717, 1.165) is 23.3 Å². The van der Waals surface area contributed by atoms with Gasteiger partial charge in [0.15, 0.2) is 0 Å². The van der Waals surface area contributed by atoms with Crippen molar-refractivity contribution in [1.82, 2.24) is 14.5 Å². The summed E-state index contributed by atoms with van der Waals surface area (Å²) in [5, 5.41) is 1.42. The molecular formula is C14H12ClN3. The van der Waals surface area contributed by atoms with Gasteiger partial charge in [0.2, 0.25) is 0 Å². The Morgan fingerprint density at radius 1 is 1.17 bits per heavy atom. The van der Waals surface area contributed by atoms with Crippen LogP contribution < -0.4 is 0 Å². The molecule has 2 heterocycles. The van der Waals surface area contributed by atoms with Gasteiger partial charge in [0.05, 0.1) is 5.39 Å². The lowest BCUT2D eigenvalue weighted by molar-refractivity contribution is 0.793. The quantitative estimate of drug-likeness (QED) is 0.659. The molecule has 0 radical (unpaired) electrons. The molecule has 0 saturated heterocycles. The fraction of sp³-hybridized carbons (Fsp3) is 0.143. The van der Waals surface area contributed by atoms with Crippen molar-refractivity contribution in [2.45, 2.75) is 13.5 Å². The minimum atomic E-state index is 0.509. The van der Waals surface area contributed by atoms with Crippen molar-refractivity contribution in [2.24, 2.45) is 0 Å². The van der Waals surface area contributed by atoms with Crippen LogP contribution in [0.15, 0.2) is 42.7 Å². The Hall–Kier alpha value is -1.87. The van der Waals surface area contributed by atoms with Gasteiger partial charge in [0, 0.05) is 12.2 Å². The lowest BCUT2D eigenvalue weighted by Gasteiger charge is -2.07. The molecule has 0 atom stereocenters. The van der Waals surface area contributed by atoms with Crippen molar-refractivity contribution in [3.8, 4) is 0 Å². The molecule has 1 aromatic carbocycles. The van der Waals surface area contributed by atoms with E-state index in [9.17, 15) is 0 Å². The summed E-state index contributed by atoms with van der Waals surface area (Å²) in [4.78, 5) is 8.34. The van der Waals surface area contributed by atoms with Gasteiger partial charge in [-0.15, -0.1) is 0 Å². The second-order valence-electron chi connectivity index (χ2n) is 4.26. The van der Waals surface area contributed by atoms with Gasteiger partial charge in [-0.25, -0.2) is 9.97 Å². The number of benzene rings is 1. The molecule has 0 aliphatic heterocycles. The molecular weight excluding hydrogens is 246 g/mol. The van der Waals surface area contributed by atoms with Crippen LogP contribution >= 0.6 is 11.6 Å². The molecule has 18 heavy (non-hydrogen) atoms. The van der Waals surface area contributed by atoms with Crippen LogP contribution in [0.2, 0.25) is 5.15 Å². The number of nitrogens with zero attached hydrogens (tertiary/aromatic N) is 3. The van der Waals surface area contributed by atoms with Gasteiger partial charge in [-0.2, -0.15) is 0 Å². The normalized spacial score (nSPS) is 11.0.